The van der Waals surface area contributed by atoms with Crippen molar-refractivity contribution in [1.82, 2.24) is 0 Å². The third-order valence-electron chi connectivity index (χ3n) is 5.43. The molecule has 142 valence electrons. The lowest BCUT2D eigenvalue weighted by atomic mass is 10.0. The molecule has 0 aromatic heterocycles. The van der Waals surface area contributed by atoms with Gasteiger partial charge in [0, 0.05) is 5.69 Å². The highest BCUT2D eigenvalue weighted by atomic mass is 16.5. The Bertz CT molecular complexity index is 1100. The van der Waals surface area contributed by atoms with E-state index in [2.05, 4.69) is 84.6 Å². The van der Waals surface area contributed by atoms with Crippen molar-refractivity contribution in [3.05, 3.63) is 114 Å². The summed E-state index contributed by atoms with van der Waals surface area (Å²) in [6.07, 6.45) is 2.02. The van der Waals surface area contributed by atoms with Crippen LogP contribution < -0.4 is 9.64 Å². The van der Waals surface area contributed by atoms with Gasteiger partial charge in [-0.25, -0.2) is 0 Å². The molecule has 0 atom stereocenters. The molecule has 29 heavy (non-hydrogen) atoms. The van der Waals surface area contributed by atoms with Crippen molar-refractivity contribution in [2.45, 2.75) is 19.8 Å². The number of rotatable bonds is 4. The number of benzene rings is 4. The molecule has 4 aromatic rings. The molecule has 0 aliphatic carbocycles. The number of hydrogen-bond donors (Lipinski definition) is 0. The fourth-order valence-electron chi connectivity index (χ4n) is 3.94. The monoisotopic (exact) mass is 377 g/mol. The van der Waals surface area contributed by atoms with Gasteiger partial charge in [0.1, 0.15) is 0 Å². The van der Waals surface area contributed by atoms with Gasteiger partial charge in [-0.15, -0.1) is 0 Å². The molecule has 0 amide bonds. The fraction of sp³-hybridized carbons (Fsp3) is 0.111. The zero-order chi connectivity index (χ0) is 19.6. The molecular weight excluding hydrogens is 354 g/mol. The Kier molecular flexibility index (Phi) is 4.53. The summed E-state index contributed by atoms with van der Waals surface area (Å²) < 4.78 is 6.11. The molecular formula is C27H23NO. The van der Waals surface area contributed by atoms with Crippen molar-refractivity contribution in [3.8, 4) is 11.5 Å². The molecule has 0 saturated carbocycles. The first-order valence-electron chi connectivity index (χ1n) is 10.1. The molecule has 0 saturated heterocycles. The molecule has 1 aliphatic rings. The van der Waals surface area contributed by atoms with Gasteiger partial charge in [0.05, 0.1) is 11.4 Å². The summed E-state index contributed by atoms with van der Waals surface area (Å²) in [5.74, 6) is 1.76. The predicted molar refractivity (Wildman–Crippen MR) is 120 cm³/mol. The molecule has 0 fully saturated rings. The van der Waals surface area contributed by atoms with Crippen LogP contribution in [0, 0.1) is 0 Å². The topological polar surface area (TPSA) is 12.5 Å². The van der Waals surface area contributed by atoms with E-state index in [4.69, 9.17) is 4.74 Å². The molecule has 0 N–H and O–H groups in total. The summed E-state index contributed by atoms with van der Waals surface area (Å²) in [6, 6.07) is 34.1. The van der Waals surface area contributed by atoms with Gasteiger partial charge in [-0.3, -0.25) is 0 Å². The zero-order valence-corrected chi connectivity index (χ0v) is 16.5. The van der Waals surface area contributed by atoms with Gasteiger partial charge >= 0.3 is 0 Å². The second kappa shape index (κ2) is 7.48. The lowest BCUT2D eigenvalue weighted by Crippen LogP contribution is -2.15. The number of ether oxygens (including phenoxy) is 1. The molecule has 1 aliphatic heterocycles. The van der Waals surface area contributed by atoms with Crippen LogP contribution in [0.25, 0.3) is 0 Å². The standard InChI is InChI=1S/C27H23NO/c1-2-20-8-7-9-22(18-20)19-21-14-16-23(17-15-21)28-24-10-3-5-12-26(24)29-27-13-6-4-11-25(27)28/h3-18H,2,19H2,1H3. The molecule has 4 aromatic carbocycles. The van der Waals surface area contributed by atoms with E-state index < -0.39 is 0 Å². The largest absolute Gasteiger partial charge is 0.453 e. The van der Waals surface area contributed by atoms with E-state index in [9.17, 15) is 0 Å². The molecule has 0 radical (unpaired) electrons. The SMILES string of the molecule is CCc1cccc(Cc2ccc(N3c4ccccc4Oc4ccccc43)cc2)c1. The highest BCUT2D eigenvalue weighted by Crippen LogP contribution is 2.49. The Balaban J connectivity index is 1.49. The van der Waals surface area contributed by atoms with Gasteiger partial charge < -0.3 is 9.64 Å². The van der Waals surface area contributed by atoms with Gasteiger partial charge in [-0.1, -0.05) is 67.6 Å². The zero-order valence-electron chi connectivity index (χ0n) is 16.5. The lowest BCUT2D eigenvalue weighted by molar-refractivity contribution is 0.477. The van der Waals surface area contributed by atoms with Crippen LogP contribution in [0.1, 0.15) is 23.6 Å². The Morgan fingerprint density at radius 2 is 1.24 bits per heavy atom. The number of hydrogen-bond acceptors (Lipinski definition) is 2. The summed E-state index contributed by atoms with van der Waals surface area (Å²) in [5.41, 5.74) is 7.33. The number of fused-ring (bicyclic) bond motifs is 2. The maximum Gasteiger partial charge on any atom is 0.151 e. The van der Waals surface area contributed by atoms with Gasteiger partial charge in [0.2, 0.25) is 0 Å². The average Bonchev–Trinajstić information content (AvgIpc) is 2.78. The second-order valence-corrected chi connectivity index (χ2v) is 7.39. The van der Waals surface area contributed by atoms with Crippen molar-refractivity contribution in [1.29, 1.82) is 0 Å². The second-order valence-electron chi connectivity index (χ2n) is 7.39. The van der Waals surface area contributed by atoms with Crippen molar-refractivity contribution in [2.75, 3.05) is 4.90 Å². The number of anilines is 3. The van der Waals surface area contributed by atoms with Crippen LogP contribution in [-0.4, -0.2) is 0 Å². The molecule has 0 bridgehead atoms. The minimum Gasteiger partial charge on any atom is -0.453 e. The predicted octanol–water partition coefficient (Wildman–Crippen LogP) is 7.42. The van der Waals surface area contributed by atoms with E-state index >= 15 is 0 Å². The molecule has 2 heteroatoms. The lowest BCUT2D eigenvalue weighted by Gasteiger charge is -2.32. The first-order valence-corrected chi connectivity index (χ1v) is 10.1. The molecule has 2 nitrogen and oxygen atoms in total. The third kappa shape index (κ3) is 3.38. The van der Waals surface area contributed by atoms with Crippen LogP contribution in [0.2, 0.25) is 0 Å². The maximum atomic E-state index is 6.11. The van der Waals surface area contributed by atoms with E-state index in [1.54, 1.807) is 0 Å². The van der Waals surface area contributed by atoms with Crippen LogP contribution >= 0.6 is 0 Å². The van der Waals surface area contributed by atoms with Crippen molar-refractivity contribution >= 4 is 17.1 Å². The van der Waals surface area contributed by atoms with Crippen LogP contribution in [0.15, 0.2) is 97.1 Å². The number of nitrogens with zero attached hydrogens (tertiary/aromatic N) is 1. The van der Waals surface area contributed by atoms with Gasteiger partial charge in [0.15, 0.2) is 11.5 Å². The quantitative estimate of drug-likeness (QED) is 0.323. The van der Waals surface area contributed by atoms with Crippen LogP contribution in [0.3, 0.4) is 0 Å². The van der Waals surface area contributed by atoms with Crippen LogP contribution in [-0.2, 0) is 12.8 Å². The van der Waals surface area contributed by atoms with Crippen LogP contribution in [0.4, 0.5) is 17.1 Å². The van der Waals surface area contributed by atoms with E-state index in [1.165, 1.54) is 16.7 Å². The smallest absolute Gasteiger partial charge is 0.151 e. The molecule has 5 rings (SSSR count). The van der Waals surface area contributed by atoms with E-state index in [1.807, 2.05) is 24.3 Å². The number of aryl methyl sites for hydroxylation is 1. The Morgan fingerprint density at radius 3 is 1.90 bits per heavy atom. The summed E-state index contributed by atoms with van der Waals surface area (Å²) in [4.78, 5) is 2.27. The minimum absolute atomic E-state index is 0.881. The molecule has 1 heterocycles. The highest BCUT2D eigenvalue weighted by molar-refractivity contribution is 5.86. The van der Waals surface area contributed by atoms with Gasteiger partial charge in [-0.2, -0.15) is 0 Å². The first-order chi connectivity index (χ1) is 14.3. The van der Waals surface area contributed by atoms with E-state index in [0.29, 0.717) is 0 Å². The summed E-state index contributed by atoms with van der Waals surface area (Å²) in [6.45, 7) is 2.20. The Labute approximate surface area is 172 Å². The summed E-state index contributed by atoms with van der Waals surface area (Å²) >= 11 is 0. The fourth-order valence-corrected chi connectivity index (χ4v) is 3.94. The summed E-state index contributed by atoms with van der Waals surface area (Å²) in [7, 11) is 0. The highest BCUT2D eigenvalue weighted by Gasteiger charge is 2.24. The van der Waals surface area contributed by atoms with Gasteiger partial charge in [-0.05, 0) is 65.9 Å². The Morgan fingerprint density at radius 1 is 0.621 bits per heavy atom. The van der Waals surface area contributed by atoms with Gasteiger partial charge in [0.25, 0.3) is 0 Å². The third-order valence-corrected chi connectivity index (χ3v) is 5.43. The normalized spacial score (nSPS) is 12.1. The maximum absolute atomic E-state index is 6.11. The van der Waals surface area contributed by atoms with Crippen LogP contribution in [0.5, 0.6) is 11.5 Å². The first kappa shape index (κ1) is 17.6. The van der Waals surface area contributed by atoms with Crippen molar-refractivity contribution in [2.24, 2.45) is 0 Å². The molecule has 0 spiro atoms. The Hall–Kier alpha value is -3.52. The average molecular weight is 377 g/mol. The van der Waals surface area contributed by atoms with E-state index in [-0.39, 0.29) is 0 Å². The van der Waals surface area contributed by atoms with E-state index in [0.717, 1.165) is 41.4 Å². The van der Waals surface area contributed by atoms with Crippen molar-refractivity contribution < 1.29 is 4.74 Å². The van der Waals surface area contributed by atoms with Crippen molar-refractivity contribution in [3.63, 3.8) is 0 Å². The number of para-hydroxylation sites is 4. The molecule has 0 unspecified atom stereocenters. The minimum atomic E-state index is 0.881. The summed E-state index contributed by atoms with van der Waals surface area (Å²) in [5, 5.41) is 0.